The average molecular weight is 499 g/mol. The highest BCUT2D eigenvalue weighted by Gasteiger charge is 2.27. The fourth-order valence-corrected chi connectivity index (χ4v) is 4.62. The van der Waals surface area contributed by atoms with Gasteiger partial charge < -0.3 is 14.1 Å². The van der Waals surface area contributed by atoms with Gasteiger partial charge in [0, 0.05) is 23.0 Å². The predicted octanol–water partition coefficient (Wildman–Crippen LogP) is 4.71. The molecule has 0 unspecified atom stereocenters. The van der Waals surface area contributed by atoms with Crippen molar-refractivity contribution in [2.24, 2.45) is 0 Å². The van der Waals surface area contributed by atoms with Crippen LogP contribution in [0, 0.1) is 0 Å². The van der Waals surface area contributed by atoms with Crippen LogP contribution < -0.4 is 10.3 Å². The normalized spacial score (nSPS) is 12.3. The topological polar surface area (TPSA) is 102 Å². The van der Waals surface area contributed by atoms with E-state index in [0.717, 1.165) is 40.2 Å². The molecule has 0 amide bonds. The molecule has 5 rings (SSSR count). The molecule has 37 heavy (non-hydrogen) atoms. The molecular formula is C28H30N6O3. The van der Waals surface area contributed by atoms with E-state index < -0.39 is 0 Å². The molecule has 1 atom stereocenters. The van der Waals surface area contributed by atoms with Gasteiger partial charge in [0.05, 0.1) is 32.0 Å². The van der Waals surface area contributed by atoms with E-state index >= 15 is 0 Å². The minimum Gasteiger partial charge on any atom is -0.494 e. The van der Waals surface area contributed by atoms with Gasteiger partial charge in [-0.05, 0) is 65.7 Å². The zero-order valence-corrected chi connectivity index (χ0v) is 21.0. The monoisotopic (exact) mass is 498 g/mol. The number of pyridine rings is 1. The van der Waals surface area contributed by atoms with Crippen molar-refractivity contribution in [1.82, 2.24) is 30.1 Å². The molecule has 3 aromatic heterocycles. The quantitative estimate of drug-likeness (QED) is 0.281. The highest BCUT2D eigenvalue weighted by atomic mass is 16.5. The van der Waals surface area contributed by atoms with Gasteiger partial charge in [-0.2, -0.15) is 0 Å². The number of furan rings is 1. The van der Waals surface area contributed by atoms with Crippen LogP contribution in [0.25, 0.3) is 10.9 Å². The van der Waals surface area contributed by atoms with E-state index in [-0.39, 0.29) is 11.6 Å². The molecule has 9 nitrogen and oxygen atoms in total. The van der Waals surface area contributed by atoms with Crippen LogP contribution in [-0.2, 0) is 19.6 Å². The Morgan fingerprint density at radius 1 is 1.05 bits per heavy atom. The maximum absolute atomic E-state index is 13.1. The SMILES string of the molecule is CCOc1ccc2[nH]c(=O)c(CN(Cc3ccco3)[C@@H](CC)c3nnnn3Cc3ccccc3)cc2c1. The first kappa shape index (κ1) is 24.5. The van der Waals surface area contributed by atoms with Gasteiger partial charge >= 0.3 is 0 Å². The van der Waals surface area contributed by atoms with Crippen molar-refractivity contribution in [3.8, 4) is 5.75 Å². The van der Waals surface area contributed by atoms with Gasteiger partial charge in [0.2, 0.25) is 0 Å². The van der Waals surface area contributed by atoms with E-state index in [1.807, 2.05) is 66.2 Å². The van der Waals surface area contributed by atoms with Gasteiger partial charge in [-0.25, -0.2) is 4.68 Å². The van der Waals surface area contributed by atoms with Crippen molar-refractivity contribution in [3.63, 3.8) is 0 Å². The molecule has 190 valence electrons. The smallest absolute Gasteiger partial charge is 0.252 e. The third kappa shape index (κ3) is 5.62. The molecule has 0 radical (unpaired) electrons. The third-order valence-corrected chi connectivity index (χ3v) is 6.38. The zero-order chi connectivity index (χ0) is 25.6. The maximum Gasteiger partial charge on any atom is 0.252 e. The van der Waals surface area contributed by atoms with E-state index in [2.05, 4.69) is 44.5 Å². The lowest BCUT2D eigenvalue weighted by molar-refractivity contribution is 0.149. The molecule has 0 aliphatic heterocycles. The molecule has 2 aromatic carbocycles. The number of aromatic nitrogens is 5. The molecule has 0 spiro atoms. The molecular weight excluding hydrogens is 468 g/mol. The number of rotatable bonds is 11. The van der Waals surface area contributed by atoms with Crippen LogP contribution >= 0.6 is 0 Å². The first-order valence-corrected chi connectivity index (χ1v) is 12.5. The minimum atomic E-state index is -0.145. The molecule has 0 bridgehead atoms. The molecule has 9 heteroatoms. The van der Waals surface area contributed by atoms with Crippen LogP contribution in [-0.4, -0.2) is 36.7 Å². The summed E-state index contributed by atoms with van der Waals surface area (Å²) in [5.41, 5.74) is 2.40. The van der Waals surface area contributed by atoms with Gasteiger partial charge in [0.1, 0.15) is 11.5 Å². The summed E-state index contributed by atoms with van der Waals surface area (Å²) in [7, 11) is 0. The van der Waals surface area contributed by atoms with Crippen LogP contribution in [0.15, 0.2) is 82.2 Å². The average Bonchev–Trinajstić information content (AvgIpc) is 3.58. The lowest BCUT2D eigenvalue weighted by atomic mass is 10.1. The molecule has 0 aliphatic carbocycles. The largest absolute Gasteiger partial charge is 0.494 e. The first-order valence-electron chi connectivity index (χ1n) is 12.5. The van der Waals surface area contributed by atoms with Crippen molar-refractivity contribution >= 4 is 10.9 Å². The maximum atomic E-state index is 13.1. The van der Waals surface area contributed by atoms with Crippen molar-refractivity contribution in [2.75, 3.05) is 6.61 Å². The van der Waals surface area contributed by atoms with Crippen LogP contribution in [0.5, 0.6) is 5.75 Å². The van der Waals surface area contributed by atoms with E-state index in [1.165, 1.54) is 0 Å². The number of hydrogen-bond donors (Lipinski definition) is 1. The van der Waals surface area contributed by atoms with Gasteiger partial charge in [-0.15, -0.1) is 5.10 Å². The van der Waals surface area contributed by atoms with Crippen LogP contribution in [0.1, 0.15) is 49.0 Å². The zero-order valence-electron chi connectivity index (χ0n) is 21.0. The second kappa shape index (κ2) is 11.2. The lowest BCUT2D eigenvalue weighted by Gasteiger charge is -2.29. The summed E-state index contributed by atoms with van der Waals surface area (Å²) in [4.78, 5) is 18.3. The highest BCUT2D eigenvalue weighted by Crippen LogP contribution is 2.27. The minimum absolute atomic E-state index is 0.125. The second-order valence-electron chi connectivity index (χ2n) is 8.89. The van der Waals surface area contributed by atoms with Crippen LogP contribution in [0.4, 0.5) is 0 Å². The van der Waals surface area contributed by atoms with E-state index in [9.17, 15) is 4.79 Å². The Morgan fingerprint density at radius 3 is 2.68 bits per heavy atom. The Labute approximate surface area is 214 Å². The van der Waals surface area contributed by atoms with Gasteiger partial charge in [-0.1, -0.05) is 37.3 Å². The van der Waals surface area contributed by atoms with Gasteiger partial charge in [0.15, 0.2) is 5.82 Å². The Kier molecular flexibility index (Phi) is 7.41. The fourth-order valence-electron chi connectivity index (χ4n) is 4.62. The molecule has 0 saturated heterocycles. The Bertz CT molecular complexity index is 1490. The summed E-state index contributed by atoms with van der Waals surface area (Å²) in [6.45, 7) is 6.08. The van der Waals surface area contributed by atoms with E-state index in [1.54, 1.807) is 6.26 Å². The van der Waals surface area contributed by atoms with Crippen molar-refractivity contribution in [3.05, 3.63) is 106 Å². The Balaban J connectivity index is 1.50. The van der Waals surface area contributed by atoms with Crippen molar-refractivity contribution in [1.29, 1.82) is 0 Å². The number of hydrogen-bond acceptors (Lipinski definition) is 7. The number of aromatic amines is 1. The van der Waals surface area contributed by atoms with Gasteiger partial charge in [-0.3, -0.25) is 9.69 Å². The predicted molar refractivity (Wildman–Crippen MR) is 140 cm³/mol. The first-order chi connectivity index (χ1) is 18.1. The molecule has 3 heterocycles. The molecule has 0 fully saturated rings. The number of tetrazole rings is 1. The standard InChI is InChI=1S/C28H30N6O3/c1-3-26(27-30-31-32-34(27)17-20-9-6-5-7-10-20)33(19-24-11-8-14-37-24)18-22-15-21-16-23(36-4-2)12-13-25(21)29-28(22)35/h5-16,26H,3-4,17-19H2,1-2H3,(H,29,35)/t26-/m0/s1. The van der Waals surface area contributed by atoms with Crippen molar-refractivity contribution < 1.29 is 9.15 Å². The van der Waals surface area contributed by atoms with Crippen molar-refractivity contribution in [2.45, 2.75) is 45.9 Å². The summed E-state index contributed by atoms with van der Waals surface area (Å²) >= 11 is 0. The number of fused-ring (bicyclic) bond motifs is 1. The molecule has 0 saturated carbocycles. The second-order valence-corrected chi connectivity index (χ2v) is 8.89. The molecule has 1 N–H and O–H groups in total. The van der Waals surface area contributed by atoms with Gasteiger partial charge in [0.25, 0.3) is 5.56 Å². The summed E-state index contributed by atoms with van der Waals surface area (Å²) in [5, 5.41) is 13.6. The Morgan fingerprint density at radius 2 is 1.92 bits per heavy atom. The Hall–Kier alpha value is -4.24. The third-order valence-electron chi connectivity index (χ3n) is 6.38. The lowest BCUT2D eigenvalue weighted by Crippen LogP contribution is -2.32. The fraction of sp³-hybridized carbons (Fsp3) is 0.286. The van der Waals surface area contributed by atoms with Crippen LogP contribution in [0.2, 0.25) is 0 Å². The van der Waals surface area contributed by atoms with E-state index in [4.69, 9.17) is 9.15 Å². The number of benzene rings is 2. The number of nitrogens with zero attached hydrogens (tertiary/aromatic N) is 5. The number of H-pyrrole nitrogens is 1. The summed E-state index contributed by atoms with van der Waals surface area (Å²) < 4.78 is 13.2. The van der Waals surface area contributed by atoms with Crippen LogP contribution in [0.3, 0.4) is 0 Å². The molecule has 5 aromatic rings. The number of nitrogens with one attached hydrogen (secondary N) is 1. The van der Waals surface area contributed by atoms with E-state index in [0.29, 0.717) is 31.8 Å². The molecule has 0 aliphatic rings. The summed E-state index contributed by atoms with van der Waals surface area (Å²) in [5.74, 6) is 2.32. The summed E-state index contributed by atoms with van der Waals surface area (Å²) in [6.07, 6.45) is 2.40. The highest BCUT2D eigenvalue weighted by molar-refractivity contribution is 5.80. The number of ether oxygens (including phenoxy) is 1. The summed E-state index contributed by atoms with van der Waals surface area (Å²) in [6, 6.07) is 21.4.